The predicted octanol–water partition coefficient (Wildman–Crippen LogP) is 3.80. The summed E-state index contributed by atoms with van der Waals surface area (Å²) in [6.45, 7) is 6.04. The van der Waals surface area contributed by atoms with Crippen molar-refractivity contribution in [2.24, 2.45) is 28.6 Å². The van der Waals surface area contributed by atoms with Crippen molar-refractivity contribution < 1.29 is 29.0 Å². The molecule has 2 N–H and O–H groups in total. The third kappa shape index (κ3) is 4.35. The molecule has 0 saturated heterocycles. The maximum atomic E-state index is 12.5. The molecular weight excluding hydrogens is 422 g/mol. The average molecular weight is 460 g/mol. The van der Waals surface area contributed by atoms with Gasteiger partial charge in [0.1, 0.15) is 12.1 Å². The summed E-state index contributed by atoms with van der Waals surface area (Å²) in [5, 5.41) is 11.3. The summed E-state index contributed by atoms with van der Waals surface area (Å²) in [6, 6.07) is -0.979. The Morgan fingerprint density at radius 1 is 1.09 bits per heavy atom. The molecular formula is C26H37NO6. The van der Waals surface area contributed by atoms with E-state index < -0.39 is 17.9 Å². The predicted molar refractivity (Wildman–Crippen MR) is 121 cm³/mol. The summed E-state index contributed by atoms with van der Waals surface area (Å²) >= 11 is 0. The number of ether oxygens (including phenoxy) is 1. The van der Waals surface area contributed by atoms with Gasteiger partial charge in [-0.05, 0) is 81.1 Å². The van der Waals surface area contributed by atoms with Crippen molar-refractivity contribution in [2.45, 2.75) is 97.1 Å². The number of amides is 1. The molecule has 4 aliphatic carbocycles. The highest BCUT2D eigenvalue weighted by atomic mass is 16.5. The van der Waals surface area contributed by atoms with E-state index >= 15 is 0 Å². The smallest absolute Gasteiger partial charge is 0.325 e. The number of hydrogen-bond acceptors (Lipinski definition) is 5. The third-order valence-corrected chi connectivity index (χ3v) is 9.45. The minimum Gasteiger partial charge on any atom is -0.480 e. The van der Waals surface area contributed by atoms with Gasteiger partial charge in [0.25, 0.3) is 0 Å². The maximum Gasteiger partial charge on any atom is 0.325 e. The Bertz CT molecular complexity index is 880. The molecule has 0 aliphatic heterocycles. The summed E-state index contributed by atoms with van der Waals surface area (Å²) in [7, 11) is 0. The van der Waals surface area contributed by atoms with E-state index in [2.05, 4.69) is 19.2 Å². The van der Waals surface area contributed by atoms with E-state index in [-0.39, 0.29) is 41.5 Å². The van der Waals surface area contributed by atoms with E-state index in [0.29, 0.717) is 24.2 Å². The molecule has 0 aromatic carbocycles. The number of carbonyl (C=O) groups is 4. The molecule has 0 spiro atoms. The number of carboxylic acid groups (broad SMARTS) is 1. The molecule has 7 atom stereocenters. The molecule has 33 heavy (non-hydrogen) atoms. The number of hydrogen-bond donors (Lipinski definition) is 2. The van der Waals surface area contributed by atoms with Crippen LogP contribution in [0.15, 0.2) is 11.6 Å². The van der Waals surface area contributed by atoms with Crippen LogP contribution >= 0.6 is 0 Å². The van der Waals surface area contributed by atoms with Gasteiger partial charge in [-0.15, -0.1) is 0 Å². The van der Waals surface area contributed by atoms with E-state index in [1.54, 1.807) is 0 Å². The molecule has 0 radical (unpaired) electrons. The van der Waals surface area contributed by atoms with Gasteiger partial charge in [0.15, 0.2) is 5.78 Å². The Morgan fingerprint density at radius 2 is 1.85 bits per heavy atom. The number of carboxylic acids is 1. The fourth-order valence-corrected chi connectivity index (χ4v) is 7.51. The first-order valence-electron chi connectivity index (χ1n) is 12.5. The second-order valence-corrected chi connectivity index (χ2v) is 11.2. The lowest BCUT2D eigenvalue weighted by Crippen LogP contribution is -2.51. The number of esters is 1. The van der Waals surface area contributed by atoms with Crippen LogP contribution in [0.4, 0.5) is 0 Å². The fourth-order valence-electron chi connectivity index (χ4n) is 7.51. The highest BCUT2D eigenvalue weighted by Crippen LogP contribution is 2.65. The van der Waals surface area contributed by atoms with Crippen molar-refractivity contribution >= 4 is 23.6 Å². The lowest BCUT2D eigenvalue weighted by molar-refractivity contribution is -0.160. The lowest BCUT2D eigenvalue weighted by atomic mass is 9.47. The second-order valence-electron chi connectivity index (χ2n) is 11.2. The number of ketones is 1. The zero-order chi connectivity index (χ0) is 24.0. The van der Waals surface area contributed by atoms with Crippen LogP contribution in [0.2, 0.25) is 0 Å². The number of aliphatic carboxylic acids is 1. The standard InChI is InChI=1S/C26H37NO6/c1-15(24(31)32)27-22(29)8-9-23(30)33-21-7-6-19-18-5-4-16-14-17(28)10-12-25(16,2)20(18)11-13-26(19,21)3/h14-15,18-21H,4-13H2,1-3H3,(H,27,29)(H,31,32)/t15-,18-,19+,20-,21+,25-,26-/m0/s1. The second kappa shape index (κ2) is 8.88. The van der Waals surface area contributed by atoms with Crippen LogP contribution in [0.3, 0.4) is 0 Å². The van der Waals surface area contributed by atoms with Crippen molar-refractivity contribution in [1.29, 1.82) is 0 Å². The summed E-state index contributed by atoms with van der Waals surface area (Å²) in [4.78, 5) is 47.3. The third-order valence-electron chi connectivity index (χ3n) is 9.45. The summed E-state index contributed by atoms with van der Waals surface area (Å²) < 4.78 is 5.92. The van der Waals surface area contributed by atoms with Gasteiger partial charge >= 0.3 is 11.9 Å². The fraction of sp³-hybridized carbons (Fsp3) is 0.769. The molecule has 7 nitrogen and oxygen atoms in total. The number of nitrogens with one attached hydrogen (secondary N) is 1. The van der Waals surface area contributed by atoms with Crippen molar-refractivity contribution in [3.05, 3.63) is 11.6 Å². The zero-order valence-corrected chi connectivity index (χ0v) is 20.0. The average Bonchev–Trinajstić information content (AvgIpc) is 3.09. The first-order valence-corrected chi connectivity index (χ1v) is 12.5. The molecule has 0 unspecified atom stereocenters. The highest BCUT2D eigenvalue weighted by molar-refractivity contribution is 5.91. The van der Waals surface area contributed by atoms with Crippen molar-refractivity contribution in [3.8, 4) is 0 Å². The molecule has 0 bridgehead atoms. The van der Waals surface area contributed by atoms with Gasteiger partial charge in [-0.2, -0.15) is 0 Å². The topological polar surface area (TPSA) is 110 Å². The van der Waals surface area contributed by atoms with Crippen LogP contribution < -0.4 is 5.32 Å². The minimum absolute atomic E-state index is 0.0400. The number of fused-ring (bicyclic) bond motifs is 5. The summed E-state index contributed by atoms with van der Waals surface area (Å²) in [6.07, 6.45) is 9.46. The quantitative estimate of drug-likeness (QED) is 0.585. The molecule has 7 heteroatoms. The van der Waals surface area contributed by atoms with Crippen molar-refractivity contribution in [2.75, 3.05) is 0 Å². The summed E-state index contributed by atoms with van der Waals surface area (Å²) in [5.41, 5.74) is 1.45. The Morgan fingerprint density at radius 3 is 2.58 bits per heavy atom. The van der Waals surface area contributed by atoms with Crippen LogP contribution in [-0.4, -0.2) is 40.9 Å². The number of rotatable bonds is 6. The molecule has 0 aromatic heterocycles. The van der Waals surface area contributed by atoms with E-state index in [9.17, 15) is 19.2 Å². The van der Waals surface area contributed by atoms with E-state index in [4.69, 9.17) is 9.84 Å². The number of allylic oxidation sites excluding steroid dienone is 1. The van der Waals surface area contributed by atoms with Crippen LogP contribution in [0.5, 0.6) is 0 Å². The van der Waals surface area contributed by atoms with Crippen LogP contribution in [-0.2, 0) is 23.9 Å². The minimum atomic E-state index is -1.11. The highest BCUT2D eigenvalue weighted by Gasteiger charge is 2.59. The van der Waals surface area contributed by atoms with Gasteiger partial charge in [0, 0.05) is 18.3 Å². The molecule has 182 valence electrons. The van der Waals surface area contributed by atoms with Gasteiger partial charge in [0.05, 0.1) is 6.42 Å². The van der Waals surface area contributed by atoms with Crippen molar-refractivity contribution in [3.63, 3.8) is 0 Å². The normalized spacial score (nSPS) is 38.3. The Labute approximate surface area is 195 Å². The van der Waals surface area contributed by atoms with E-state index in [1.165, 1.54) is 12.5 Å². The molecule has 4 rings (SSSR count). The molecule has 3 fully saturated rings. The SMILES string of the molecule is C[C@H](NC(=O)CCC(=O)O[C@@H]1CC[C@@H]2[C@@H]3CCC4=CC(=O)CC[C@]4(C)[C@H]3CC[C@@]21C)C(=O)O. The lowest BCUT2D eigenvalue weighted by Gasteiger charge is -2.57. The first kappa shape index (κ1) is 24.0. The van der Waals surface area contributed by atoms with Gasteiger partial charge in [-0.25, -0.2) is 0 Å². The van der Waals surface area contributed by atoms with Gasteiger partial charge in [-0.1, -0.05) is 19.4 Å². The Kier molecular flexibility index (Phi) is 6.45. The summed E-state index contributed by atoms with van der Waals surface area (Å²) in [5.74, 6) is 0.0526. The molecule has 1 amide bonds. The van der Waals surface area contributed by atoms with Crippen LogP contribution in [0.1, 0.15) is 85.0 Å². The van der Waals surface area contributed by atoms with Crippen LogP contribution in [0.25, 0.3) is 0 Å². The van der Waals surface area contributed by atoms with Crippen molar-refractivity contribution in [1.82, 2.24) is 5.32 Å². The number of carbonyl (C=O) groups excluding carboxylic acids is 3. The molecule has 3 saturated carbocycles. The maximum absolute atomic E-state index is 12.5. The van der Waals surface area contributed by atoms with E-state index in [1.807, 2.05) is 6.08 Å². The molecule has 4 aliphatic rings. The molecule has 0 heterocycles. The Hall–Kier alpha value is -2.18. The molecule has 0 aromatic rings. The van der Waals surface area contributed by atoms with E-state index in [0.717, 1.165) is 44.9 Å². The largest absolute Gasteiger partial charge is 0.480 e. The van der Waals surface area contributed by atoms with Gasteiger partial charge < -0.3 is 15.2 Å². The van der Waals surface area contributed by atoms with Gasteiger partial charge in [-0.3, -0.25) is 19.2 Å². The monoisotopic (exact) mass is 459 g/mol. The Balaban J connectivity index is 1.37. The van der Waals surface area contributed by atoms with Gasteiger partial charge in [0.2, 0.25) is 5.91 Å². The van der Waals surface area contributed by atoms with Crippen LogP contribution in [0, 0.1) is 28.6 Å². The first-order chi connectivity index (χ1) is 15.5. The zero-order valence-electron chi connectivity index (χ0n) is 20.0.